The predicted octanol–water partition coefficient (Wildman–Crippen LogP) is 4.22. The van der Waals surface area contributed by atoms with Gasteiger partial charge in [0.05, 0.1) is 0 Å². The molecule has 0 N–H and O–H groups in total. The molecule has 0 spiro atoms. The summed E-state index contributed by atoms with van der Waals surface area (Å²) in [6, 6.07) is 0. The smallest absolute Gasteiger partial charge is 0.0388 e. The zero-order valence-electron chi connectivity index (χ0n) is 9.60. The Kier molecular flexibility index (Phi) is 9.51. The van der Waals surface area contributed by atoms with Crippen molar-refractivity contribution in [1.82, 2.24) is 0 Å². The fraction of sp³-hybridized carbons (Fsp3) is 0.917. The molecule has 0 unspecified atom stereocenters. The zero-order valence-corrected chi connectivity index (χ0v) is 9.60. The van der Waals surface area contributed by atoms with E-state index in [1.54, 1.807) is 0 Å². The highest BCUT2D eigenvalue weighted by molar-refractivity contribution is 5.84. The maximum Gasteiger partial charge on any atom is 0.0388 e. The van der Waals surface area contributed by atoms with E-state index in [2.05, 4.69) is 11.9 Å². The van der Waals surface area contributed by atoms with Crippen LogP contribution in [0.3, 0.4) is 0 Å². The molecule has 13 heavy (non-hydrogen) atoms. The lowest BCUT2D eigenvalue weighted by molar-refractivity contribution is 0.660. The summed E-state index contributed by atoms with van der Waals surface area (Å²) in [4.78, 5) is 4.59. The summed E-state index contributed by atoms with van der Waals surface area (Å²) < 4.78 is 0. The van der Waals surface area contributed by atoms with Crippen molar-refractivity contribution in [2.24, 2.45) is 4.99 Å². The van der Waals surface area contributed by atoms with Gasteiger partial charge in [-0.05, 0) is 32.1 Å². The SMILES string of the molecule is CC.CCCCN=C1CCCCC1. The first-order valence-corrected chi connectivity index (χ1v) is 5.95. The molecule has 1 aliphatic carbocycles. The number of hydrogen-bond donors (Lipinski definition) is 0. The fourth-order valence-corrected chi connectivity index (χ4v) is 1.51. The number of aliphatic imine (C=N–C) groups is 1. The number of unbranched alkanes of at least 4 members (excludes halogenated alkanes) is 1. The monoisotopic (exact) mass is 183 g/mol. The Bertz CT molecular complexity index is 119. The Morgan fingerprint density at radius 3 is 2.23 bits per heavy atom. The van der Waals surface area contributed by atoms with Gasteiger partial charge in [0.1, 0.15) is 0 Å². The van der Waals surface area contributed by atoms with Gasteiger partial charge >= 0.3 is 0 Å². The summed E-state index contributed by atoms with van der Waals surface area (Å²) in [6.45, 7) is 7.30. The van der Waals surface area contributed by atoms with E-state index in [4.69, 9.17) is 0 Å². The van der Waals surface area contributed by atoms with E-state index in [-0.39, 0.29) is 0 Å². The molecule has 1 saturated carbocycles. The molecule has 0 heterocycles. The van der Waals surface area contributed by atoms with Crippen LogP contribution in [0.1, 0.15) is 65.7 Å². The van der Waals surface area contributed by atoms with Crippen molar-refractivity contribution in [2.45, 2.75) is 65.7 Å². The molecule has 1 aliphatic rings. The molecule has 0 atom stereocenters. The van der Waals surface area contributed by atoms with Crippen LogP contribution in [0.25, 0.3) is 0 Å². The first-order valence-electron chi connectivity index (χ1n) is 5.95. The van der Waals surface area contributed by atoms with Gasteiger partial charge < -0.3 is 0 Å². The van der Waals surface area contributed by atoms with Gasteiger partial charge in [-0.2, -0.15) is 0 Å². The molecule has 0 bridgehead atoms. The lowest BCUT2D eigenvalue weighted by Gasteiger charge is -2.11. The summed E-state index contributed by atoms with van der Waals surface area (Å²) in [5.74, 6) is 0. The van der Waals surface area contributed by atoms with Crippen LogP contribution in [-0.2, 0) is 0 Å². The largest absolute Gasteiger partial charge is 0.294 e. The Hall–Kier alpha value is -0.330. The normalized spacial score (nSPS) is 16.1. The Labute approximate surface area is 83.6 Å². The van der Waals surface area contributed by atoms with Gasteiger partial charge in [-0.15, -0.1) is 0 Å². The maximum absolute atomic E-state index is 4.59. The maximum atomic E-state index is 4.59. The van der Waals surface area contributed by atoms with Crippen molar-refractivity contribution in [3.05, 3.63) is 0 Å². The Morgan fingerprint density at radius 1 is 1.08 bits per heavy atom. The highest BCUT2D eigenvalue weighted by atomic mass is 14.7. The van der Waals surface area contributed by atoms with Gasteiger partial charge in [0.25, 0.3) is 0 Å². The predicted molar refractivity (Wildman–Crippen MR) is 61.6 cm³/mol. The van der Waals surface area contributed by atoms with E-state index in [0.717, 1.165) is 6.54 Å². The van der Waals surface area contributed by atoms with Gasteiger partial charge in [-0.3, -0.25) is 4.99 Å². The first kappa shape index (κ1) is 12.7. The number of rotatable bonds is 3. The van der Waals surface area contributed by atoms with E-state index in [0.29, 0.717) is 0 Å². The molecule has 1 fully saturated rings. The second-order valence-corrected chi connectivity index (χ2v) is 3.36. The highest BCUT2D eigenvalue weighted by Gasteiger charge is 2.04. The molecule has 0 aromatic heterocycles. The van der Waals surface area contributed by atoms with Crippen LogP contribution in [0.15, 0.2) is 4.99 Å². The van der Waals surface area contributed by atoms with Crippen LogP contribution >= 0.6 is 0 Å². The van der Waals surface area contributed by atoms with Gasteiger partial charge in [0.2, 0.25) is 0 Å². The molecular weight excluding hydrogens is 158 g/mol. The highest BCUT2D eigenvalue weighted by Crippen LogP contribution is 2.14. The van der Waals surface area contributed by atoms with E-state index >= 15 is 0 Å². The Morgan fingerprint density at radius 2 is 1.69 bits per heavy atom. The molecule has 0 aromatic rings. The molecule has 0 radical (unpaired) electrons. The van der Waals surface area contributed by atoms with Crippen LogP contribution in [0.5, 0.6) is 0 Å². The van der Waals surface area contributed by atoms with Gasteiger partial charge in [0.15, 0.2) is 0 Å². The van der Waals surface area contributed by atoms with E-state index in [9.17, 15) is 0 Å². The van der Waals surface area contributed by atoms with Crippen molar-refractivity contribution in [3.63, 3.8) is 0 Å². The summed E-state index contributed by atoms with van der Waals surface area (Å²) in [7, 11) is 0. The van der Waals surface area contributed by atoms with Crippen LogP contribution in [0, 0.1) is 0 Å². The summed E-state index contributed by atoms with van der Waals surface area (Å²) >= 11 is 0. The van der Waals surface area contributed by atoms with Crippen molar-refractivity contribution in [2.75, 3.05) is 6.54 Å². The van der Waals surface area contributed by atoms with E-state index in [1.807, 2.05) is 13.8 Å². The van der Waals surface area contributed by atoms with Crippen molar-refractivity contribution in [1.29, 1.82) is 0 Å². The second-order valence-electron chi connectivity index (χ2n) is 3.36. The lowest BCUT2D eigenvalue weighted by Crippen LogP contribution is -2.05. The Balaban J connectivity index is 0.000000671. The third-order valence-corrected chi connectivity index (χ3v) is 2.28. The van der Waals surface area contributed by atoms with Crippen molar-refractivity contribution < 1.29 is 0 Å². The molecule has 0 aliphatic heterocycles. The zero-order chi connectivity index (χ0) is 9.94. The second kappa shape index (κ2) is 9.76. The molecule has 78 valence electrons. The van der Waals surface area contributed by atoms with Gasteiger partial charge in [-0.1, -0.05) is 33.6 Å². The minimum Gasteiger partial charge on any atom is -0.294 e. The summed E-state index contributed by atoms with van der Waals surface area (Å²) in [6.07, 6.45) is 9.29. The number of hydrogen-bond acceptors (Lipinski definition) is 1. The average Bonchev–Trinajstić information content (AvgIpc) is 2.23. The minimum atomic E-state index is 1.08. The van der Waals surface area contributed by atoms with Gasteiger partial charge in [0, 0.05) is 12.3 Å². The minimum absolute atomic E-state index is 1.08. The third-order valence-electron chi connectivity index (χ3n) is 2.28. The van der Waals surface area contributed by atoms with E-state index < -0.39 is 0 Å². The van der Waals surface area contributed by atoms with Crippen LogP contribution < -0.4 is 0 Å². The molecule has 0 saturated heterocycles. The summed E-state index contributed by atoms with van der Waals surface area (Å²) in [5.41, 5.74) is 1.49. The van der Waals surface area contributed by atoms with Crippen LogP contribution in [0.2, 0.25) is 0 Å². The van der Waals surface area contributed by atoms with Crippen molar-refractivity contribution in [3.8, 4) is 0 Å². The van der Waals surface area contributed by atoms with E-state index in [1.165, 1.54) is 50.7 Å². The third kappa shape index (κ3) is 6.80. The molecular formula is C12H25N. The molecule has 1 rings (SSSR count). The molecule has 1 heteroatoms. The summed E-state index contributed by atoms with van der Waals surface area (Å²) in [5, 5.41) is 0. The molecule has 0 amide bonds. The fourth-order valence-electron chi connectivity index (χ4n) is 1.51. The molecule has 1 nitrogen and oxygen atoms in total. The first-order chi connectivity index (χ1) is 6.43. The van der Waals surface area contributed by atoms with Gasteiger partial charge in [-0.25, -0.2) is 0 Å². The average molecular weight is 183 g/mol. The molecule has 0 aromatic carbocycles. The van der Waals surface area contributed by atoms with Crippen molar-refractivity contribution >= 4 is 5.71 Å². The van der Waals surface area contributed by atoms with Crippen LogP contribution in [0.4, 0.5) is 0 Å². The van der Waals surface area contributed by atoms with Crippen LogP contribution in [-0.4, -0.2) is 12.3 Å². The lowest BCUT2D eigenvalue weighted by atomic mass is 9.98. The topological polar surface area (TPSA) is 12.4 Å². The quantitative estimate of drug-likeness (QED) is 0.581. The number of nitrogens with zero attached hydrogens (tertiary/aromatic N) is 1. The standard InChI is InChI=1S/C10H19N.C2H6/c1-2-3-9-11-10-7-5-4-6-8-10;1-2/h2-9H2,1H3;1-2H3.